The Morgan fingerprint density at radius 3 is 2.71 bits per heavy atom. The van der Waals surface area contributed by atoms with Crippen molar-refractivity contribution in [2.45, 2.75) is 24.8 Å². The predicted molar refractivity (Wildman–Crippen MR) is 54.3 cm³/mol. The number of hydrogen-bond donors (Lipinski definition) is 2. The molecule has 0 bridgehead atoms. The van der Waals surface area contributed by atoms with Crippen LogP contribution in [0.5, 0.6) is 0 Å². The van der Waals surface area contributed by atoms with E-state index >= 15 is 0 Å². The Hall–Kier alpha value is -0.910. The number of urea groups is 1. The molecule has 0 aromatic carbocycles. The summed E-state index contributed by atoms with van der Waals surface area (Å²) in [6, 6.07) is -1.00. The van der Waals surface area contributed by atoms with Gasteiger partial charge in [-0.1, -0.05) is 6.92 Å². The smallest absolute Gasteiger partial charge is 0.327 e. The minimum atomic E-state index is -0.933. The molecule has 80 valence electrons. The van der Waals surface area contributed by atoms with Gasteiger partial charge in [0.2, 0.25) is 0 Å². The highest BCUT2D eigenvalue weighted by Gasteiger charge is 2.40. The molecule has 1 fully saturated rings. The monoisotopic (exact) mass is 218 g/mol. The summed E-state index contributed by atoms with van der Waals surface area (Å²) in [5, 5.41) is 11.4. The van der Waals surface area contributed by atoms with Crippen molar-refractivity contribution in [1.29, 1.82) is 0 Å². The summed E-state index contributed by atoms with van der Waals surface area (Å²) < 4.78 is 0. The molecule has 0 radical (unpaired) electrons. The van der Waals surface area contributed by atoms with Crippen molar-refractivity contribution in [3.8, 4) is 0 Å². The summed E-state index contributed by atoms with van der Waals surface area (Å²) in [5.41, 5.74) is 0. The molecule has 5 nitrogen and oxygen atoms in total. The van der Waals surface area contributed by atoms with E-state index < -0.39 is 12.0 Å². The normalized spacial score (nSPS) is 26.3. The lowest BCUT2D eigenvalue weighted by molar-refractivity contribution is -0.141. The van der Waals surface area contributed by atoms with E-state index in [0.717, 1.165) is 6.42 Å². The number of carbonyl (C=O) groups excluding carboxylic acids is 1. The highest BCUT2D eigenvalue weighted by Crippen LogP contribution is 2.31. The second-order valence-electron chi connectivity index (χ2n) is 3.01. The molecule has 1 saturated heterocycles. The first-order chi connectivity index (χ1) is 6.61. The van der Waals surface area contributed by atoms with E-state index in [2.05, 4.69) is 5.32 Å². The summed E-state index contributed by atoms with van der Waals surface area (Å²) >= 11 is 1.51. The van der Waals surface area contributed by atoms with E-state index in [1.165, 1.54) is 23.7 Å². The second-order valence-corrected chi connectivity index (χ2v) is 4.22. The van der Waals surface area contributed by atoms with Gasteiger partial charge in [0.25, 0.3) is 0 Å². The van der Waals surface area contributed by atoms with Crippen molar-refractivity contribution in [3.05, 3.63) is 0 Å². The van der Waals surface area contributed by atoms with Crippen LogP contribution in [0.25, 0.3) is 0 Å². The molecule has 2 N–H and O–H groups in total. The lowest BCUT2D eigenvalue weighted by atomic mass is 10.3. The number of hydrogen-bond acceptors (Lipinski definition) is 3. The molecule has 1 aliphatic heterocycles. The van der Waals surface area contributed by atoms with Crippen molar-refractivity contribution in [1.82, 2.24) is 10.2 Å². The van der Waals surface area contributed by atoms with Crippen LogP contribution in [-0.2, 0) is 4.79 Å². The molecule has 1 heterocycles. The van der Waals surface area contributed by atoms with Gasteiger partial charge in [0, 0.05) is 12.8 Å². The molecule has 0 saturated carbocycles. The van der Waals surface area contributed by atoms with Crippen molar-refractivity contribution in [2.75, 3.05) is 12.8 Å². The molecule has 6 heteroatoms. The SMILES string of the molecule is CCC1SCC(C(=O)O)N1C(=O)NC. The van der Waals surface area contributed by atoms with Gasteiger partial charge in [-0.3, -0.25) is 4.90 Å². The maximum absolute atomic E-state index is 11.4. The van der Waals surface area contributed by atoms with E-state index in [0.29, 0.717) is 5.75 Å². The maximum Gasteiger partial charge on any atom is 0.327 e. The Kier molecular flexibility index (Phi) is 3.62. The van der Waals surface area contributed by atoms with Crippen LogP contribution in [0.1, 0.15) is 13.3 Å². The average Bonchev–Trinajstić information content (AvgIpc) is 2.59. The molecule has 0 aromatic heterocycles. The van der Waals surface area contributed by atoms with Crippen molar-refractivity contribution in [3.63, 3.8) is 0 Å². The fourth-order valence-corrected chi connectivity index (χ4v) is 2.82. The fourth-order valence-electron chi connectivity index (χ4n) is 1.47. The number of thioether (sulfide) groups is 1. The summed E-state index contributed by atoms with van der Waals surface area (Å²) in [7, 11) is 1.51. The fraction of sp³-hybridized carbons (Fsp3) is 0.750. The first-order valence-electron chi connectivity index (χ1n) is 4.46. The van der Waals surface area contributed by atoms with Gasteiger partial charge in [-0.2, -0.15) is 0 Å². The number of aliphatic carboxylic acids is 1. The summed E-state index contributed by atoms with van der Waals surface area (Å²) in [6.45, 7) is 1.94. The van der Waals surface area contributed by atoms with Crippen molar-refractivity contribution in [2.24, 2.45) is 0 Å². The maximum atomic E-state index is 11.4. The Bertz CT molecular complexity index is 247. The molecule has 0 aliphatic carbocycles. The van der Waals surface area contributed by atoms with Crippen LogP contribution >= 0.6 is 11.8 Å². The lowest BCUT2D eigenvalue weighted by Gasteiger charge is -2.25. The van der Waals surface area contributed by atoms with Gasteiger partial charge >= 0.3 is 12.0 Å². The molecule has 14 heavy (non-hydrogen) atoms. The zero-order valence-corrected chi connectivity index (χ0v) is 9.00. The first-order valence-corrected chi connectivity index (χ1v) is 5.51. The largest absolute Gasteiger partial charge is 0.480 e. The van der Waals surface area contributed by atoms with Crippen LogP contribution < -0.4 is 5.32 Å². The lowest BCUT2D eigenvalue weighted by Crippen LogP contribution is -2.49. The van der Waals surface area contributed by atoms with Crippen LogP contribution in [0, 0.1) is 0 Å². The van der Waals surface area contributed by atoms with Gasteiger partial charge in [-0.15, -0.1) is 11.8 Å². The Morgan fingerprint density at radius 2 is 2.29 bits per heavy atom. The quantitative estimate of drug-likeness (QED) is 0.710. The minimum absolute atomic E-state index is 0.0175. The Morgan fingerprint density at radius 1 is 1.64 bits per heavy atom. The number of amides is 2. The van der Waals surface area contributed by atoms with E-state index in [4.69, 9.17) is 5.11 Å². The van der Waals surface area contributed by atoms with Crippen LogP contribution in [0.3, 0.4) is 0 Å². The van der Waals surface area contributed by atoms with Crippen LogP contribution in [0.4, 0.5) is 4.79 Å². The number of nitrogens with zero attached hydrogens (tertiary/aromatic N) is 1. The molecule has 2 unspecified atom stereocenters. The van der Waals surface area contributed by atoms with E-state index in [1.807, 2.05) is 6.92 Å². The minimum Gasteiger partial charge on any atom is -0.480 e. The highest BCUT2D eigenvalue weighted by atomic mass is 32.2. The molecule has 2 atom stereocenters. The second kappa shape index (κ2) is 4.54. The number of carboxylic acid groups (broad SMARTS) is 1. The van der Waals surface area contributed by atoms with E-state index in [-0.39, 0.29) is 11.4 Å². The number of nitrogens with one attached hydrogen (secondary N) is 1. The van der Waals surface area contributed by atoms with Gasteiger partial charge in [-0.05, 0) is 6.42 Å². The molecule has 0 aromatic rings. The van der Waals surface area contributed by atoms with Crippen molar-refractivity contribution >= 4 is 23.8 Å². The number of carboxylic acids is 1. The van der Waals surface area contributed by atoms with Crippen LogP contribution in [-0.4, -0.2) is 46.2 Å². The van der Waals surface area contributed by atoms with Gasteiger partial charge in [0.1, 0.15) is 6.04 Å². The topological polar surface area (TPSA) is 69.6 Å². The Labute approximate surface area is 86.8 Å². The van der Waals surface area contributed by atoms with Gasteiger partial charge in [-0.25, -0.2) is 9.59 Å². The van der Waals surface area contributed by atoms with Crippen LogP contribution in [0.15, 0.2) is 0 Å². The third-order valence-electron chi connectivity index (χ3n) is 2.18. The first kappa shape index (κ1) is 11.2. The molecule has 1 rings (SSSR count). The van der Waals surface area contributed by atoms with Gasteiger partial charge in [0.05, 0.1) is 5.37 Å². The van der Waals surface area contributed by atoms with E-state index in [1.54, 1.807) is 0 Å². The molecular weight excluding hydrogens is 204 g/mol. The highest BCUT2D eigenvalue weighted by molar-refractivity contribution is 8.00. The number of carbonyl (C=O) groups is 2. The molecular formula is C8H14N2O3S. The third kappa shape index (κ3) is 1.95. The summed E-state index contributed by atoms with van der Waals surface area (Å²) in [6.07, 6.45) is 0.766. The average molecular weight is 218 g/mol. The van der Waals surface area contributed by atoms with Crippen molar-refractivity contribution < 1.29 is 14.7 Å². The van der Waals surface area contributed by atoms with E-state index in [9.17, 15) is 9.59 Å². The predicted octanol–water partition coefficient (Wildman–Crippen LogP) is 0.564. The number of rotatable bonds is 2. The van der Waals surface area contributed by atoms with Gasteiger partial charge in [0.15, 0.2) is 0 Å². The molecule has 1 aliphatic rings. The van der Waals surface area contributed by atoms with Gasteiger partial charge < -0.3 is 10.4 Å². The Balaban J connectivity index is 2.80. The standard InChI is InChI=1S/C8H14N2O3S/c1-3-6-10(8(13)9-2)5(4-14-6)7(11)12/h5-6H,3-4H2,1-2H3,(H,9,13)(H,11,12). The van der Waals surface area contributed by atoms with Crippen LogP contribution in [0.2, 0.25) is 0 Å². The summed E-state index contributed by atoms with van der Waals surface area (Å²) in [5.74, 6) is -0.460. The third-order valence-corrected chi connectivity index (χ3v) is 3.63. The zero-order valence-electron chi connectivity index (χ0n) is 8.19. The summed E-state index contributed by atoms with van der Waals surface area (Å²) in [4.78, 5) is 23.7. The zero-order chi connectivity index (χ0) is 10.7. The molecule has 0 spiro atoms. The molecule has 2 amide bonds.